The Morgan fingerprint density at radius 3 is 2.75 bits per heavy atom. The number of furan rings is 1. The number of thioether (sulfide) groups is 1. The van der Waals surface area contributed by atoms with Gasteiger partial charge < -0.3 is 9.32 Å². The lowest BCUT2D eigenvalue weighted by Crippen LogP contribution is -2.25. The van der Waals surface area contributed by atoms with Crippen molar-refractivity contribution in [1.82, 2.24) is 14.9 Å². The molecule has 3 aromatic heterocycles. The van der Waals surface area contributed by atoms with Crippen LogP contribution < -0.4 is 0 Å². The fraction of sp³-hybridized carbons (Fsp3) is 0.235. The highest BCUT2D eigenvalue weighted by molar-refractivity contribution is 7.98. The van der Waals surface area contributed by atoms with Gasteiger partial charge in [0.15, 0.2) is 10.9 Å². The highest BCUT2D eigenvalue weighted by atomic mass is 32.2. The molecule has 0 spiro atoms. The van der Waals surface area contributed by atoms with E-state index < -0.39 is 0 Å². The molecule has 0 saturated heterocycles. The third kappa shape index (κ3) is 4.24. The third-order valence-electron chi connectivity index (χ3n) is 3.29. The van der Waals surface area contributed by atoms with Crippen LogP contribution in [0.1, 0.15) is 26.1 Å². The van der Waals surface area contributed by atoms with Gasteiger partial charge in [-0.15, -0.1) is 11.3 Å². The number of thiophene rings is 1. The van der Waals surface area contributed by atoms with Crippen LogP contribution in [-0.4, -0.2) is 27.8 Å². The molecule has 0 N–H and O–H groups in total. The van der Waals surface area contributed by atoms with Gasteiger partial charge in [0.05, 0.1) is 12.3 Å². The number of hydrogen-bond acceptors (Lipinski definition) is 6. The van der Waals surface area contributed by atoms with Crippen LogP contribution in [0.2, 0.25) is 0 Å². The summed E-state index contributed by atoms with van der Waals surface area (Å²) in [6.07, 6.45) is 3.40. The molecule has 1 amide bonds. The van der Waals surface area contributed by atoms with Gasteiger partial charge in [0.25, 0.3) is 5.91 Å². The van der Waals surface area contributed by atoms with Gasteiger partial charge in [-0.05, 0) is 37.3 Å². The van der Waals surface area contributed by atoms with Gasteiger partial charge in [-0.1, -0.05) is 11.8 Å². The van der Waals surface area contributed by atoms with Crippen LogP contribution in [0.15, 0.2) is 52.3 Å². The normalized spacial score (nSPS) is 10.8. The number of aromatic nitrogens is 2. The summed E-state index contributed by atoms with van der Waals surface area (Å²) in [4.78, 5) is 24.8. The minimum Gasteiger partial charge on any atom is -0.455 e. The van der Waals surface area contributed by atoms with Crippen molar-refractivity contribution < 1.29 is 9.21 Å². The fourth-order valence-electron chi connectivity index (χ4n) is 2.13. The number of rotatable bonds is 6. The molecule has 0 aliphatic rings. The number of hydrogen-bond donors (Lipinski definition) is 0. The highest BCUT2D eigenvalue weighted by Crippen LogP contribution is 2.22. The fourth-order valence-corrected chi connectivity index (χ4v) is 3.77. The molecule has 7 heteroatoms. The SMILES string of the molecule is Cc1ccc(CN(C)C(=O)c2ccc(CSc3ncccn3)o2)s1. The van der Waals surface area contributed by atoms with Crippen molar-refractivity contribution in [3.63, 3.8) is 0 Å². The minimum absolute atomic E-state index is 0.117. The zero-order chi connectivity index (χ0) is 16.9. The Labute approximate surface area is 148 Å². The summed E-state index contributed by atoms with van der Waals surface area (Å²) in [5.74, 6) is 1.56. The molecule has 0 aliphatic heterocycles. The molecule has 0 atom stereocenters. The zero-order valence-electron chi connectivity index (χ0n) is 13.4. The molecule has 0 radical (unpaired) electrons. The second-order valence-electron chi connectivity index (χ2n) is 5.26. The lowest BCUT2D eigenvalue weighted by atomic mass is 10.3. The molecule has 3 aromatic rings. The Kier molecular flexibility index (Phi) is 5.32. The van der Waals surface area contributed by atoms with Crippen LogP contribution in [0.3, 0.4) is 0 Å². The van der Waals surface area contributed by atoms with E-state index in [0.717, 1.165) is 10.6 Å². The Morgan fingerprint density at radius 2 is 2.04 bits per heavy atom. The summed E-state index contributed by atoms with van der Waals surface area (Å²) in [5.41, 5.74) is 0. The quantitative estimate of drug-likeness (QED) is 0.492. The van der Waals surface area contributed by atoms with Gasteiger partial charge >= 0.3 is 0 Å². The topological polar surface area (TPSA) is 59.2 Å². The zero-order valence-corrected chi connectivity index (χ0v) is 15.1. The largest absolute Gasteiger partial charge is 0.455 e. The lowest BCUT2D eigenvalue weighted by molar-refractivity contribution is 0.0753. The van der Waals surface area contributed by atoms with Crippen LogP contribution in [0, 0.1) is 6.92 Å². The molecule has 0 aliphatic carbocycles. The second-order valence-corrected chi connectivity index (χ2v) is 7.57. The Morgan fingerprint density at radius 1 is 1.25 bits per heavy atom. The number of amides is 1. The first-order valence-electron chi connectivity index (χ1n) is 7.41. The molecular formula is C17H17N3O2S2. The first-order valence-corrected chi connectivity index (χ1v) is 9.21. The van der Waals surface area contributed by atoms with Crippen molar-refractivity contribution in [3.8, 4) is 0 Å². The predicted molar refractivity (Wildman–Crippen MR) is 95.2 cm³/mol. The summed E-state index contributed by atoms with van der Waals surface area (Å²) >= 11 is 3.17. The van der Waals surface area contributed by atoms with E-state index >= 15 is 0 Å². The van der Waals surface area contributed by atoms with Gasteiger partial charge in [0.2, 0.25) is 0 Å². The van der Waals surface area contributed by atoms with Crippen LogP contribution >= 0.6 is 23.1 Å². The molecule has 124 valence electrons. The lowest BCUT2D eigenvalue weighted by Gasteiger charge is -2.14. The van der Waals surface area contributed by atoms with Crippen LogP contribution in [0.5, 0.6) is 0 Å². The molecule has 3 heterocycles. The number of nitrogens with zero attached hydrogens (tertiary/aromatic N) is 3. The van der Waals surface area contributed by atoms with Gasteiger partial charge in [-0.2, -0.15) is 0 Å². The molecule has 0 fully saturated rings. The summed E-state index contributed by atoms with van der Waals surface area (Å²) in [7, 11) is 1.78. The van der Waals surface area contributed by atoms with Crippen molar-refractivity contribution in [2.75, 3.05) is 7.05 Å². The average Bonchev–Trinajstić information content (AvgIpc) is 3.22. The van der Waals surface area contributed by atoms with Crippen LogP contribution in [0.25, 0.3) is 0 Å². The van der Waals surface area contributed by atoms with E-state index in [2.05, 4.69) is 23.0 Å². The van der Waals surface area contributed by atoms with Crippen molar-refractivity contribution >= 4 is 29.0 Å². The van der Waals surface area contributed by atoms with Crippen LogP contribution in [0.4, 0.5) is 0 Å². The first-order chi connectivity index (χ1) is 11.6. The number of aryl methyl sites for hydroxylation is 1. The second kappa shape index (κ2) is 7.63. The van der Waals surface area contributed by atoms with E-state index in [-0.39, 0.29) is 5.91 Å². The molecule has 0 bridgehead atoms. The van der Waals surface area contributed by atoms with Gasteiger partial charge in [0.1, 0.15) is 5.76 Å². The van der Waals surface area contributed by atoms with E-state index in [1.807, 2.05) is 12.1 Å². The monoisotopic (exact) mass is 359 g/mol. The van der Waals surface area contributed by atoms with E-state index in [1.165, 1.54) is 16.6 Å². The van der Waals surface area contributed by atoms with Gasteiger partial charge in [-0.3, -0.25) is 4.79 Å². The van der Waals surface area contributed by atoms with E-state index in [9.17, 15) is 4.79 Å². The number of carbonyl (C=O) groups is 1. The van der Waals surface area contributed by atoms with E-state index in [1.54, 1.807) is 47.8 Å². The molecular weight excluding hydrogens is 342 g/mol. The maximum atomic E-state index is 12.4. The summed E-state index contributed by atoms with van der Waals surface area (Å²) in [5, 5.41) is 0.687. The van der Waals surface area contributed by atoms with E-state index in [4.69, 9.17) is 4.42 Å². The minimum atomic E-state index is -0.117. The van der Waals surface area contributed by atoms with Crippen LogP contribution in [-0.2, 0) is 12.3 Å². The van der Waals surface area contributed by atoms with Gasteiger partial charge in [0, 0.05) is 29.2 Å². The summed E-state index contributed by atoms with van der Waals surface area (Å²) < 4.78 is 5.67. The Balaban J connectivity index is 1.58. The molecule has 0 unspecified atom stereocenters. The molecule has 5 nitrogen and oxygen atoms in total. The number of carbonyl (C=O) groups excluding carboxylic acids is 1. The third-order valence-corrected chi connectivity index (χ3v) is 5.18. The van der Waals surface area contributed by atoms with Crippen molar-refractivity contribution in [2.45, 2.75) is 24.4 Å². The first kappa shape index (κ1) is 16.7. The maximum Gasteiger partial charge on any atom is 0.289 e. The molecule has 24 heavy (non-hydrogen) atoms. The predicted octanol–water partition coefficient (Wildman–Crippen LogP) is 4.00. The summed E-state index contributed by atoms with van der Waals surface area (Å²) in [6.45, 7) is 2.64. The maximum absolute atomic E-state index is 12.4. The average molecular weight is 359 g/mol. The smallest absolute Gasteiger partial charge is 0.289 e. The van der Waals surface area contributed by atoms with Gasteiger partial charge in [-0.25, -0.2) is 9.97 Å². The van der Waals surface area contributed by atoms with E-state index in [0.29, 0.717) is 23.2 Å². The van der Waals surface area contributed by atoms with Crippen molar-refractivity contribution in [1.29, 1.82) is 0 Å². The Bertz CT molecular complexity index is 814. The molecule has 3 rings (SSSR count). The van der Waals surface area contributed by atoms with Crippen molar-refractivity contribution in [3.05, 3.63) is 64.0 Å². The standard InChI is InChI=1S/C17H17N3O2S2/c1-12-4-6-14(24-12)10-20(2)16(21)15-7-5-13(22-15)11-23-17-18-8-3-9-19-17/h3-9H,10-11H2,1-2H3. The molecule has 0 aromatic carbocycles. The molecule has 0 saturated carbocycles. The highest BCUT2D eigenvalue weighted by Gasteiger charge is 2.17. The summed E-state index contributed by atoms with van der Waals surface area (Å²) in [6, 6.07) is 9.44. The van der Waals surface area contributed by atoms with Crippen molar-refractivity contribution in [2.24, 2.45) is 0 Å². The Hall–Kier alpha value is -2.12.